The maximum absolute atomic E-state index is 13.3. The van der Waals surface area contributed by atoms with Gasteiger partial charge in [-0.1, -0.05) is 163 Å². The summed E-state index contributed by atoms with van der Waals surface area (Å²) in [6, 6.07) is 41.7. The minimum absolute atomic E-state index is 0.218. The lowest BCUT2D eigenvalue weighted by Gasteiger charge is -2.60. The van der Waals surface area contributed by atoms with Crippen molar-refractivity contribution in [3.05, 3.63) is 121 Å². The summed E-state index contributed by atoms with van der Waals surface area (Å²) in [6.45, 7) is 13.0. The molecule has 4 atom stereocenters. The maximum atomic E-state index is 13.3. The SMILES string of the molecule is CC(C)(C)C(O[SiH](c1ccccc1)c1ccccc1)C1CCC1(OS(C)(=O)=O)C(O[SiH](c1ccccc1)c1ccccc1)C(C)(C)C. The van der Waals surface area contributed by atoms with Gasteiger partial charge < -0.3 is 8.85 Å². The molecule has 0 radical (unpaired) electrons. The number of benzene rings is 4. The first-order valence-corrected chi connectivity index (χ1v) is 21.7. The Bertz CT molecular complexity index is 1590. The van der Waals surface area contributed by atoms with Crippen LogP contribution in [0.1, 0.15) is 54.4 Å². The van der Waals surface area contributed by atoms with Crippen molar-refractivity contribution >= 4 is 48.9 Å². The van der Waals surface area contributed by atoms with Gasteiger partial charge in [0.15, 0.2) is 0 Å². The summed E-state index contributed by atoms with van der Waals surface area (Å²) in [4.78, 5) is 0. The van der Waals surface area contributed by atoms with Crippen molar-refractivity contribution < 1.29 is 21.5 Å². The molecule has 5 rings (SSSR count). The molecule has 0 spiro atoms. The van der Waals surface area contributed by atoms with Crippen molar-refractivity contribution in [3.63, 3.8) is 0 Å². The van der Waals surface area contributed by atoms with Crippen LogP contribution in [0.25, 0.3) is 0 Å². The molecule has 8 heteroatoms. The molecule has 0 aromatic heterocycles. The Morgan fingerprint density at radius 3 is 1.26 bits per heavy atom. The second-order valence-corrected chi connectivity index (χ2v) is 21.4. The number of hydrogen-bond acceptors (Lipinski definition) is 5. The monoisotopic (exact) mass is 686 g/mol. The molecular formula is C39H50O5SSi2. The number of rotatable bonds is 12. The van der Waals surface area contributed by atoms with Crippen molar-refractivity contribution in [2.45, 2.75) is 72.2 Å². The zero-order valence-electron chi connectivity index (χ0n) is 28.8. The molecule has 1 fully saturated rings. The summed E-state index contributed by atoms with van der Waals surface area (Å²) < 4.78 is 47.8. The van der Waals surface area contributed by atoms with Gasteiger partial charge in [-0.3, -0.25) is 4.18 Å². The lowest BCUT2D eigenvalue weighted by molar-refractivity contribution is -0.205. The minimum atomic E-state index is -3.87. The van der Waals surface area contributed by atoms with E-state index in [0.29, 0.717) is 6.42 Å². The average molecular weight is 687 g/mol. The smallest absolute Gasteiger partial charge is 0.265 e. The highest BCUT2D eigenvalue weighted by atomic mass is 32.2. The van der Waals surface area contributed by atoms with E-state index >= 15 is 0 Å². The quantitative estimate of drug-likeness (QED) is 0.154. The summed E-state index contributed by atoms with van der Waals surface area (Å²) in [5.41, 5.74) is -1.87. The Balaban J connectivity index is 1.63. The van der Waals surface area contributed by atoms with Gasteiger partial charge in [-0.05, 0) is 44.4 Å². The van der Waals surface area contributed by atoms with E-state index in [0.717, 1.165) is 16.8 Å². The van der Waals surface area contributed by atoms with Gasteiger partial charge in [-0.2, -0.15) is 8.42 Å². The summed E-state index contributed by atoms with van der Waals surface area (Å²) in [5.74, 6) is -0.218. The lowest BCUT2D eigenvalue weighted by Crippen LogP contribution is -2.70. The van der Waals surface area contributed by atoms with E-state index in [4.69, 9.17) is 13.0 Å². The van der Waals surface area contributed by atoms with E-state index in [9.17, 15) is 8.42 Å². The molecule has 4 unspecified atom stereocenters. The third-order valence-electron chi connectivity index (χ3n) is 9.19. The van der Waals surface area contributed by atoms with Crippen LogP contribution >= 0.6 is 0 Å². The predicted octanol–water partition coefficient (Wildman–Crippen LogP) is 5.05. The normalized spacial score (nSPS) is 20.1. The maximum Gasteiger partial charge on any atom is 0.265 e. The highest BCUT2D eigenvalue weighted by Gasteiger charge is 2.63. The summed E-state index contributed by atoms with van der Waals surface area (Å²) in [6.07, 6.45) is 1.70. The molecule has 47 heavy (non-hydrogen) atoms. The number of hydrogen-bond donors (Lipinski definition) is 0. The third kappa shape index (κ3) is 8.42. The van der Waals surface area contributed by atoms with E-state index in [1.807, 2.05) is 48.5 Å². The molecule has 5 nitrogen and oxygen atoms in total. The van der Waals surface area contributed by atoms with E-state index in [-0.39, 0.29) is 17.4 Å². The third-order valence-corrected chi connectivity index (χ3v) is 14.9. The molecule has 0 N–H and O–H groups in total. The van der Waals surface area contributed by atoms with Crippen LogP contribution in [0, 0.1) is 16.7 Å². The average Bonchev–Trinajstić information content (AvgIpc) is 3.02. The zero-order valence-corrected chi connectivity index (χ0v) is 31.9. The lowest BCUT2D eigenvalue weighted by atomic mass is 9.56. The largest absolute Gasteiger partial charge is 0.407 e. The Kier molecular flexibility index (Phi) is 10.8. The fraction of sp³-hybridized carbons (Fsp3) is 0.385. The zero-order chi connectivity index (χ0) is 33.9. The van der Waals surface area contributed by atoms with Crippen molar-refractivity contribution in [1.29, 1.82) is 0 Å². The molecule has 0 bridgehead atoms. The van der Waals surface area contributed by atoms with Crippen LogP contribution < -0.4 is 20.7 Å². The first-order valence-electron chi connectivity index (χ1n) is 16.6. The van der Waals surface area contributed by atoms with E-state index < -0.39 is 45.3 Å². The molecular weight excluding hydrogens is 637 g/mol. The van der Waals surface area contributed by atoms with Gasteiger partial charge in [0.25, 0.3) is 10.1 Å². The molecule has 0 heterocycles. The minimum Gasteiger partial charge on any atom is -0.407 e. The summed E-state index contributed by atoms with van der Waals surface area (Å²) in [5, 5.41) is 4.66. The van der Waals surface area contributed by atoms with Gasteiger partial charge in [0, 0.05) is 5.92 Å². The van der Waals surface area contributed by atoms with Crippen LogP contribution in [0.15, 0.2) is 121 Å². The molecule has 1 aliphatic carbocycles. The summed E-state index contributed by atoms with van der Waals surface area (Å²) >= 11 is 0. The predicted molar refractivity (Wildman–Crippen MR) is 199 cm³/mol. The Hall–Kier alpha value is -2.86. The van der Waals surface area contributed by atoms with Gasteiger partial charge in [0.1, 0.15) is 5.60 Å². The summed E-state index contributed by atoms with van der Waals surface area (Å²) in [7, 11) is -8.35. The van der Waals surface area contributed by atoms with Crippen LogP contribution in [0.5, 0.6) is 0 Å². The molecule has 250 valence electrons. The molecule has 0 amide bonds. The second-order valence-electron chi connectivity index (χ2n) is 15.1. The Labute approximate surface area is 285 Å². The molecule has 0 aliphatic heterocycles. The van der Waals surface area contributed by atoms with Crippen LogP contribution in [0.3, 0.4) is 0 Å². The van der Waals surface area contributed by atoms with Crippen LogP contribution in [0.4, 0.5) is 0 Å². The first-order chi connectivity index (χ1) is 22.2. The van der Waals surface area contributed by atoms with Crippen molar-refractivity contribution in [2.24, 2.45) is 16.7 Å². The van der Waals surface area contributed by atoms with Crippen molar-refractivity contribution in [1.82, 2.24) is 0 Å². The van der Waals surface area contributed by atoms with E-state index in [1.54, 1.807) is 0 Å². The standard InChI is InChI=1S/C39H50O5SSi2/c1-37(2,3)35(42-46(30-20-12-8-13-21-30)31-22-14-9-15-23-31)34-28-29-39(34,44-45(7,40)41)36(38(4,5)6)43-47(32-24-16-10-17-25-32)33-26-18-11-19-27-33/h8-27,34-36,46-47H,28-29H2,1-7H3. The van der Waals surface area contributed by atoms with Gasteiger partial charge >= 0.3 is 0 Å². The molecule has 1 saturated carbocycles. The second kappa shape index (κ2) is 14.3. The van der Waals surface area contributed by atoms with E-state index in [2.05, 4.69) is 114 Å². The highest BCUT2D eigenvalue weighted by Crippen LogP contribution is 2.55. The van der Waals surface area contributed by atoms with Crippen LogP contribution in [-0.4, -0.2) is 50.6 Å². The Morgan fingerprint density at radius 1 is 0.617 bits per heavy atom. The fourth-order valence-electron chi connectivity index (χ4n) is 7.21. The van der Waals surface area contributed by atoms with Gasteiger partial charge in [-0.15, -0.1) is 0 Å². The van der Waals surface area contributed by atoms with Gasteiger partial charge in [0.05, 0.1) is 18.5 Å². The van der Waals surface area contributed by atoms with Crippen LogP contribution in [-0.2, 0) is 23.2 Å². The topological polar surface area (TPSA) is 61.8 Å². The van der Waals surface area contributed by atoms with Gasteiger partial charge in [-0.25, -0.2) is 0 Å². The highest BCUT2D eigenvalue weighted by molar-refractivity contribution is 7.86. The fourth-order valence-corrected chi connectivity index (χ4v) is 13.6. The molecule has 4 aromatic carbocycles. The Morgan fingerprint density at radius 2 is 0.979 bits per heavy atom. The molecule has 4 aromatic rings. The van der Waals surface area contributed by atoms with Gasteiger partial charge in [0.2, 0.25) is 18.1 Å². The molecule has 1 aliphatic rings. The first kappa shape index (κ1) is 35.5. The molecule has 0 saturated heterocycles. The van der Waals surface area contributed by atoms with E-state index in [1.165, 1.54) is 16.6 Å². The van der Waals surface area contributed by atoms with Crippen LogP contribution in [0.2, 0.25) is 0 Å². The van der Waals surface area contributed by atoms with Crippen molar-refractivity contribution in [2.75, 3.05) is 6.26 Å². The van der Waals surface area contributed by atoms with Crippen molar-refractivity contribution in [3.8, 4) is 0 Å².